The van der Waals surface area contributed by atoms with E-state index in [1.54, 1.807) is 54.2 Å². The molecule has 0 bridgehead atoms. The van der Waals surface area contributed by atoms with Crippen molar-refractivity contribution in [3.63, 3.8) is 0 Å². The molecule has 0 N–H and O–H groups in total. The van der Waals surface area contributed by atoms with E-state index in [9.17, 15) is 9.59 Å². The first-order valence-electron chi connectivity index (χ1n) is 11.3. The van der Waals surface area contributed by atoms with Gasteiger partial charge in [0.2, 0.25) is 0 Å². The maximum absolute atomic E-state index is 12.9. The molecule has 2 rings (SSSR count). The summed E-state index contributed by atoms with van der Waals surface area (Å²) in [5, 5.41) is 0. The molecule has 1 aromatic heterocycles. The molecule has 0 aliphatic rings. The number of amides is 1. The van der Waals surface area contributed by atoms with Gasteiger partial charge in [-0.1, -0.05) is 24.0 Å². The highest BCUT2D eigenvalue weighted by atomic mass is 16.6. The average Bonchev–Trinajstić information content (AvgIpc) is 3.30. The number of hydrogen-bond donors (Lipinski definition) is 0. The van der Waals surface area contributed by atoms with E-state index < -0.39 is 11.7 Å². The SMILES string of the molecule is C=CCN(CC#CCN(C)C(=O)c1cccn1C(=O)OC(C)(C)C)Cc1ccc(OC)cc1OC. The first-order chi connectivity index (χ1) is 16.6. The van der Waals surface area contributed by atoms with E-state index in [4.69, 9.17) is 14.2 Å². The number of ether oxygens (including phenoxy) is 3. The molecule has 0 spiro atoms. The van der Waals surface area contributed by atoms with E-state index in [0.717, 1.165) is 17.1 Å². The maximum atomic E-state index is 12.9. The summed E-state index contributed by atoms with van der Waals surface area (Å²) < 4.78 is 17.3. The van der Waals surface area contributed by atoms with Crippen molar-refractivity contribution in [3.05, 3.63) is 60.4 Å². The van der Waals surface area contributed by atoms with Crippen LogP contribution in [0.4, 0.5) is 4.79 Å². The van der Waals surface area contributed by atoms with Gasteiger partial charge in [0, 0.05) is 38.0 Å². The van der Waals surface area contributed by atoms with Gasteiger partial charge in [0.25, 0.3) is 5.91 Å². The number of methoxy groups -OCH3 is 2. The van der Waals surface area contributed by atoms with E-state index >= 15 is 0 Å². The summed E-state index contributed by atoms with van der Waals surface area (Å²) in [5.41, 5.74) is 0.572. The third kappa shape index (κ3) is 8.23. The lowest BCUT2D eigenvalue weighted by Crippen LogP contribution is -2.33. The van der Waals surface area contributed by atoms with Gasteiger partial charge in [0.15, 0.2) is 0 Å². The number of rotatable bonds is 9. The van der Waals surface area contributed by atoms with Crippen LogP contribution in [0, 0.1) is 11.8 Å². The normalized spacial score (nSPS) is 10.8. The average molecular weight is 482 g/mol. The van der Waals surface area contributed by atoms with Crippen LogP contribution in [0.2, 0.25) is 0 Å². The van der Waals surface area contributed by atoms with Crippen LogP contribution < -0.4 is 9.47 Å². The van der Waals surface area contributed by atoms with Gasteiger partial charge in [0.1, 0.15) is 22.8 Å². The highest BCUT2D eigenvalue weighted by molar-refractivity contribution is 5.96. The lowest BCUT2D eigenvalue weighted by atomic mass is 10.1. The Kier molecular flexibility index (Phi) is 9.98. The fraction of sp³-hybridized carbons (Fsp3) is 0.407. The van der Waals surface area contributed by atoms with Crippen LogP contribution in [0.15, 0.2) is 49.2 Å². The summed E-state index contributed by atoms with van der Waals surface area (Å²) >= 11 is 0. The molecule has 1 amide bonds. The third-order valence-electron chi connectivity index (χ3n) is 4.92. The molecule has 0 saturated carbocycles. The molecular weight excluding hydrogens is 446 g/mol. The second-order valence-corrected chi connectivity index (χ2v) is 8.89. The highest BCUT2D eigenvalue weighted by Crippen LogP contribution is 2.25. The Balaban J connectivity index is 2.01. The quantitative estimate of drug-likeness (QED) is 0.397. The largest absolute Gasteiger partial charge is 0.497 e. The smallest absolute Gasteiger partial charge is 0.419 e. The zero-order valence-electron chi connectivity index (χ0n) is 21.5. The summed E-state index contributed by atoms with van der Waals surface area (Å²) in [6.45, 7) is 11.1. The van der Waals surface area contributed by atoms with Crippen molar-refractivity contribution in [1.29, 1.82) is 0 Å². The summed E-state index contributed by atoms with van der Waals surface area (Å²) in [6.07, 6.45) is 2.74. The summed E-state index contributed by atoms with van der Waals surface area (Å²) in [4.78, 5) is 28.9. The van der Waals surface area contributed by atoms with Gasteiger partial charge in [-0.3, -0.25) is 9.69 Å². The van der Waals surface area contributed by atoms with Crippen molar-refractivity contribution in [2.45, 2.75) is 32.9 Å². The Morgan fingerprint density at radius 1 is 1.11 bits per heavy atom. The van der Waals surface area contributed by atoms with Gasteiger partial charge in [0.05, 0.1) is 27.3 Å². The molecule has 1 heterocycles. The molecule has 8 heteroatoms. The lowest BCUT2D eigenvalue weighted by Gasteiger charge is -2.21. The minimum absolute atomic E-state index is 0.214. The van der Waals surface area contributed by atoms with Gasteiger partial charge in [-0.25, -0.2) is 9.36 Å². The predicted octanol–water partition coefficient (Wildman–Crippen LogP) is 4.05. The molecular formula is C27H35N3O5. The predicted molar refractivity (Wildman–Crippen MR) is 136 cm³/mol. The standard InChI is InChI=1S/C27H35N3O5/c1-8-15-29(20-21-13-14-22(33-6)19-24(21)34-7)17-10-9-16-28(5)25(31)23-12-11-18-30(23)26(32)35-27(2,3)4/h8,11-14,18-19H,1,15-17,20H2,2-7H3. The molecule has 0 atom stereocenters. The fourth-order valence-electron chi connectivity index (χ4n) is 3.23. The van der Waals surface area contributed by atoms with Crippen LogP contribution in [0.25, 0.3) is 0 Å². The minimum Gasteiger partial charge on any atom is -0.497 e. The Morgan fingerprint density at radius 2 is 1.83 bits per heavy atom. The van der Waals surface area contributed by atoms with Crippen LogP contribution >= 0.6 is 0 Å². The molecule has 35 heavy (non-hydrogen) atoms. The van der Waals surface area contributed by atoms with E-state index in [2.05, 4.69) is 23.3 Å². The first kappa shape index (κ1) is 27.5. The summed E-state index contributed by atoms with van der Waals surface area (Å²) in [7, 11) is 4.89. The summed E-state index contributed by atoms with van der Waals surface area (Å²) in [5.74, 6) is 7.31. The molecule has 188 valence electrons. The number of carbonyl (C=O) groups is 2. The van der Waals surface area contributed by atoms with Gasteiger partial charge in [-0.2, -0.15) is 0 Å². The van der Waals surface area contributed by atoms with Gasteiger partial charge in [-0.15, -0.1) is 6.58 Å². The van der Waals surface area contributed by atoms with Gasteiger partial charge >= 0.3 is 6.09 Å². The van der Waals surface area contributed by atoms with Gasteiger partial charge < -0.3 is 19.1 Å². The number of carbonyl (C=O) groups excluding carboxylic acids is 2. The number of hydrogen-bond acceptors (Lipinski definition) is 6. The third-order valence-corrected chi connectivity index (χ3v) is 4.92. The lowest BCUT2D eigenvalue weighted by molar-refractivity contribution is 0.0520. The molecule has 0 saturated heterocycles. The Bertz CT molecular complexity index is 1090. The zero-order valence-corrected chi connectivity index (χ0v) is 21.5. The Hall–Kier alpha value is -3.70. The highest BCUT2D eigenvalue weighted by Gasteiger charge is 2.23. The second kappa shape index (κ2) is 12.7. The van der Waals surface area contributed by atoms with Crippen molar-refractivity contribution in [3.8, 4) is 23.3 Å². The van der Waals surface area contributed by atoms with E-state index in [1.807, 2.05) is 24.3 Å². The molecule has 1 aromatic carbocycles. The van der Waals surface area contributed by atoms with Crippen molar-refractivity contribution >= 4 is 12.0 Å². The van der Waals surface area contributed by atoms with Crippen molar-refractivity contribution < 1.29 is 23.8 Å². The molecule has 0 aliphatic carbocycles. The summed E-state index contributed by atoms with van der Waals surface area (Å²) in [6, 6.07) is 8.93. The Labute approximate surface area is 208 Å². The van der Waals surface area contributed by atoms with E-state index in [1.165, 1.54) is 15.7 Å². The molecule has 2 aromatic rings. The van der Waals surface area contributed by atoms with Crippen LogP contribution in [0.3, 0.4) is 0 Å². The van der Waals surface area contributed by atoms with E-state index in [-0.39, 0.29) is 18.1 Å². The topological polar surface area (TPSA) is 73.2 Å². The number of benzene rings is 1. The van der Waals surface area contributed by atoms with Crippen LogP contribution in [0.5, 0.6) is 11.5 Å². The van der Waals surface area contributed by atoms with Crippen LogP contribution in [-0.4, -0.2) is 72.9 Å². The molecule has 0 radical (unpaired) electrons. The van der Waals surface area contributed by atoms with Crippen LogP contribution in [0.1, 0.15) is 36.8 Å². The molecule has 0 fully saturated rings. The van der Waals surface area contributed by atoms with Crippen molar-refractivity contribution in [1.82, 2.24) is 14.4 Å². The Morgan fingerprint density at radius 3 is 2.46 bits per heavy atom. The van der Waals surface area contributed by atoms with Gasteiger partial charge in [-0.05, 0) is 39.0 Å². The van der Waals surface area contributed by atoms with Crippen molar-refractivity contribution in [2.24, 2.45) is 0 Å². The van der Waals surface area contributed by atoms with Crippen LogP contribution in [-0.2, 0) is 11.3 Å². The first-order valence-corrected chi connectivity index (χ1v) is 11.3. The van der Waals surface area contributed by atoms with Crippen molar-refractivity contribution in [2.75, 3.05) is 40.9 Å². The molecule has 8 nitrogen and oxygen atoms in total. The number of aromatic nitrogens is 1. The monoisotopic (exact) mass is 481 g/mol. The molecule has 0 aliphatic heterocycles. The number of nitrogens with zero attached hydrogens (tertiary/aromatic N) is 3. The fourth-order valence-corrected chi connectivity index (χ4v) is 3.23. The minimum atomic E-state index is -0.661. The van der Waals surface area contributed by atoms with E-state index in [0.29, 0.717) is 19.6 Å². The second-order valence-electron chi connectivity index (χ2n) is 8.89. The zero-order chi connectivity index (χ0) is 26.0. The molecule has 0 unspecified atom stereocenters. The maximum Gasteiger partial charge on any atom is 0.419 e.